The molecule has 3 aromatic heterocycles. The first-order valence-electron chi connectivity index (χ1n) is 14.5. The van der Waals surface area contributed by atoms with Gasteiger partial charge < -0.3 is 25.3 Å². The van der Waals surface area contributed by atoms with Crippen LogP contribution in [-0.2, 0) is 4.74 Å². The lowest BCUT2D eigenvalue weighted by molar-refractivity contribution is 0.124. The van der Waals surface area contributed by atoms with Crippen molar-refractivity contribution in [2.24, 2.45) is 0 Å². The highest BCUT2D eigenvalue weighted by molar-refractivity contribution is 5.91. The number of aromatic amines is 1. The second-order valence-corrected chi connectivity index (χ2v) is 10.6. The van der Waals surface area contributed by atoms with Crippen LogP contribution in [0.2, 0.25) is 0 Å². The second kappa shape index (κ2) is 14.9. The van der Waals surface area contributed by atoms with Crippen LogP contribution in [0.1, 0.15) is 71.1 Å². The first-order valence-corrected chi connectivity index (χ1v) is 14.5. The molecule has 0 radical (unpaired) electrons. The third-order valence-electron chi connectivity index (χ3n) is 7.35. The van der Waals surface area contributed by atoms with E-state index in [1.807, 2.05) is 7.05 Å². The lowest BCUT2D eigenvalue weighted by Gasteiger charge is -2.32. The number of amides is 2. The van der Waals surface area contributed by atoms with Crippen LogP contribution in [0.25, 0.3) is 22.4 Å². The van der Waals surface area contributed by atoms with E-state index >= 15 is 0 Å². The molecular weight excluding hydrogens is 516 g/mol. The minimum atomic E-state index is -0.566. The van der Waals surface area contributed by atoms with Gasteiger partial charge in [0.1, 0.15) is 11.5 Å². The van der Waals surface area contributed by atoms with Gasteiger partial charge in [0.05, 0.1) is 12.4 Å². The number of rotatable bonds is 14. The van der Waals surface area contributed by atoms with Gasteiger partial charge in [-0.15, -0.1) is 0 Å². The average Bonchev–Trinajstić information content (AvgIpc) is 3.36. The van der Waals surface area contributed by atoms with Crippen molar-refractivity contribution in [3.63, 3.8) is 0 Å². The summed E-state index contributed by atoms with van der Waals surface area (Å²) >= 11 is 0. The van der Waals surface area contributed by atoms with E-state index in [0.29, 0.717) is 29.6 Å². The number of hydrogen-bond acceptors (Lipinski definition) is 6. The number of nitrogens with zero attached hydrogens (tertiary/aromatic N) is 4. The van der Waals surface area contributed by atoms with E-state index in [4.69, 9.17) is 4.74 Å². The molecule has 0 saturated heterocycles. The molecular formula is C29H41F2N7O2. The Morgan fingerprint density at radius 3 is 2.73 bits per heavy atom. The van der Waals surface area contributed by atoms with E-state index in [9.17, 15) is 13.6 Å². The van der Waals surface area contributed by atoms with Crippen LogP contribution in [0, 0.1) is 11.6 Å². The molecule has 9 nitrogen and oxygen atoms in total. The molecule has 1 fully saturated rings. The number of pyridine rings is 1. The van der Waals surface area contributed by atoms with Gasteiger partial charge in [0.2, 0.25) is 0 Å². The van der Waals surface area contributed by atoms with Gasteiger partial charge >= 0.3 is 6.03 Å². The van der Waals surface area contributed by atoms with Gasteiger partial charge in [-0.3, -0.25) is 0 Å². The number of nitrogens with one attached hydrogen (secondary N) is 3. The molecule has 218 valence electrons. The zero-order valence-electron chi connectivity index (χ0n) is 23.5. The standard InChI is InChI=1S/C29H41F2N7O2/c1-3-4-5-7-13-40-14-8-6-12-38(2)29(39)36-22-11-9-10-21(16-22)35-28-25(31)19-34-27(37-28)24-18-33-26-23(24)15-20(30)17-32-26/h15,17-19,21-22H,3-14,16H2,1-2H3,(H,32,33)(H,36,39)(H,34,35,37)/t21-,22+/m1/s1. The molecule has 3 aromatic rings. The summed E-state index contributed by atoms with van der Waals surface area (Å²) in [5.74, 6) is -0.683. The largest absolute Gasteiger partial charge is 0.381 e. The van der Waals surface area contributed by atoms with Crippen LogP contribution >= 0.6 is 0 Å². The molecule has 11 heteroatoms. The van der Waals surface area contributed by atoms with Gasteiger partial charge in [0.25, 0.3) is 0 Å². The number of ether oxygens (including phenoxy) is 1. The minimum Gasteiger partial charge on any atom is -0.381 e. The predicted octanol–water partition coefficient (Wildman–Crippen LogP) is 6.04. The Balaban J connectivity index is 1.24. The number of fused-ring (bicyclic) bond motifs is 1. The molecule has 0 bridgehead atoms. The maximum atomic E-state index is 14.7. The van der Waals surface area contributed by atoms with Crippen LogP contribution in [0.5, 0.6) is 0 Å². The molecule has 3 heterocycles. The molecule has 1 aliphatic rings. The van der Waals surface area contributed by atoms with Gasteiger partial charge in [-0.05, 0) is 51.0 Å². The van der Waals surface area contributed by atoms with Crippen molar-refractivity contribution in [3.8, 4) is 11.4 Å². The van der Waals surface area contributed by atoms with Crippen LogP contribution in [0.15, 0.2) is 24.7 Å². The Hall–Kier alpha value is -3.34. The first kappa shape index (κ1) is 29.6. The molecule has 40 heavy (non-hydrogen) atoms. The number of carbonyl (C=O) groups excluding carboxylic acids is 1. The van der Waals surface area contributed by atoms with Crippen LogP contribution < -0.4 is 10.6 Å². The lowest BCUT2D eigenvalue weighted by Crippen LogP contribution is -2.47. The van der Waals surface area contributed by atoms with Gasteiger partial charge in [0.15, 0.2) is 17.5 Å². The Morgan fingerprint density at radius 1 is 1.10 bits per heavy atom. The van der Waals surface area contributed by atoms with E-state index in [2.05, 4.69) is 37.5 Å². The van der Waals surface area contributed by atoms with E-state index in [1.54, 1.807) is 11.1 Å². The Labute approximate surface area is 234 Å². The maximum Gasteiger partial charge on any atom is 0.317 e. The van der Waals surface area contributed by atoms with Crippen LogP contribution in [-0.4, -0.2) is 69.8 Å². The molecule has 0 spiro atoms. The number of hydrogen-bond donors (Lipinski definition) is 3. The summed E-state index contributed by atoms with van der Waals surface area (Å²) in [6.07, 6.45) is 13.8. The first-order chi connectivity index (χ1) is 19.4. The number of H-pyrrole nitrogens is 1. The van der Waals surface area contributed by atoms with E-state index < -0.39 is 11.6 Å². The summed E-state index contributed by atoms with van der Waals surface area (Å²) < 4.78 is 34.1. The lowest BCUT2D eigenvalue weighted by atomic mass is 9.91. The highest BCUT2D eigenvalue weighted by Gasteiger charge is 2.25. The predicted molar refractivity (Wildman–Crippen MR) is 152 cm³/mol. The summed E-state index contributed by atoms with van der Waals surface area (Å²) in [5, 5.41) is 6.86. The number of urea groups is 1. The molecule has 1 aliphatic carbocycles. The molecule has 0 unspecified atom stereocenters. The van der Waals surface area contributed by atoms with E-state index in [1.165, 1.54) is 25.3 Å². The van der Waals surface area contributed by atoms with Crippen LogP contribution in [0.3, 0.4) is 0 Å². The van der Waals surface area contributed by atoms with E-state index in [-0.39, 0.29) is 29.8 Å². The SMILES string of the molecule is CCCCCCOCCCCN(C)C(=O)N[C@H]1CCC[C@@H](Nc2nc(-c3c[nH]c4ncc(F)cc34)ncc2F)C1. The average molecular weight is 558 g/mol. The Morgan fingerprint density at radius 2 is 1.90 bits per heavy atom. The third kappa shape index (κ3) is 8.33. The van der Waals surface area contributed by atoms with Crippen molar-refractivity contribution < 1.29 is 18.3 Å². The van der Waals surface area contributed by atoms with Crippen LogP contribution in [0.4, 0.5) is 19.4 Å². The quantitative estimate of drug-likeness (QED) is 0.209. The number of aromatic nitrogens is 4. The number of unbranched alkanes of at least 4 members (excludes halogenated alkanes) is 4. The van der Waals surface area contributed by atoms with Crippen molar-refractivity contribution in [1.29, 1.82) is 0 Å². The molecule has 4 rings (SSSR count). The molecule has 1 saturated carbocycles. The fourth-order valence-corrected chi connectivity index (χ4v) is 5.08. The van der Waals surface area contributed by atoms with Crippen molar-refractivity contribution in [1.82, 2.24) is 30.2 Å². The normalized spacial score (nSPS) is 17.2. The molecule has 2 amide bonds. The minimum absolute atomic E-state index is 0.0142. The Bertz CT molecular complexity index is 1240. The molecule has 3 N–H and O–H groups in total. The summed E-state index contributed by atoms with van der Waals surface area (Å²) in [6, 6.07) is 1.18. The van der Waals surface area contributed by atoms with Crippen molar-refractivity contribution >= 4 is 22.9 Å². The fraction of sp³-hybridized carbons (Fsp3) is 0.586. The van der Waals surface area contributed by atoms with E-state index in [0.717, 1.165) is 64.1 Å². The topological polar surface area (TPSA) is 108 Å². The highest BCUT2D eigenvalue weighted by atomic mass is 19.1. The summed E-state index contributed by atoms with van der Waals surface area (Å²) in [5.41, 5.74) is 1.04. The number of anilines is 1. The maximum absolute atomic E-state index is 14.7. The zero-order valence-corrected chi connectivity index (χ0v) is 23.5. The van der Waals surface area contributed by atoms with Crippen molar-refractivity contribution in [3.05, 3.63) is 36.3 Å². The molecule has 0 aliphatic heterocycles. The number of halogens is 2. The zero-order chi connectivity index (χ0) is 28.3. The summed E-state index contributed by atoms with van der Waals surface area (Å²) in [6.45, 7) is 4.41. The van der Waals surface area contributed by atoms with Crippen molar-refractivity contribution in [2.75, 3.05) is 32.1 Å². The van der Waals surface area contributed by atoms with Gasteiger partial charge in [0, 0.05) is 56.0 Å². The molecule has 2 atom stereocenters. The Kier molecular flexibility index (Phi) is 11.0. The highest BCUT2D eigenvalue weighted by Crippen LogP contribution is 2.28. The van der Waals surface area contributed by atoms with Gasteiger partial charge in [-0.25, -0.2) is 28.5 Å². The third-order valence-corrected chi connectivity index (χ3v) is 7.35. The number of carbonyl (C=O) groups is 1. The van der Waals surface area contributed by atoms with Crippen molar-refractivity contribution in [2.45, 2.75) is 83.2 Å². The summed E-state index contributed by atoms with van der Waals surface area (Å²) in [4.78, 5) is 30.0. The molecule has 0 aromatic carbocycles. The van der Waals surface area contributed by atoms with Gasteiger partial charge in [-0.1, -0.05) is 26.2 Å². The monoisotopic (exact) mass is 557 g/mol. The van der Waals surface area contributed by atoms with Gasteiger partial charge in [-0.2, -0.15) is 0 Å². The summed E-state index contributed by atoms with van der Waals surface area (Å²) in [7, 11) is 1.81. The smallest absolute Gasteiger partial charge is 0.317 e. The fourth-order valence-electron chi connectivity index (χ4n) is 5.08. The second-order valence-electron chi connectivity index (χ2n) is 10.6.